The zero-order valence-corrected chi connectivity index (χ0v) is 16.4. The summed E-state index contributed by atoms with van der Waals surface area (Å²) in [7, 11) is 0. The normalized spacial score (nSPS) is 19.1. The minimum absolute atomic E-state index is 0.196. The quantitative estimate of drug-likeness (QED) is 0.600. The third-order valence-corrected chi connectivity index (χ3v) is 6.44. The Morgan fingerprint density at radius 2 is 1.89 bits per heavy atom. The monoisotopic (exact) mass is 396 g/mol. The number of hydrogen-bond donors (Lipinski definition) is 0. The van der Waals surface area contributed by atoms with Gasteiger partial charge in [0.05, 0.1) is 10.5 Å². The molecule has 0 unspecified atom stereocenters. The summed E-state index contributed by atoms with van der Waals surface area (Å²) in [5.41, 5.74) is 3.68. The first-order valence-corrected chi connectivity index (χ1v) is 10.1. The third-order valence-electron chi connectivity index (χ3n) is 6.11. The van der Waals surface area contributed by atoms with Gasteiger partial charge in [0.25, 0.3) is 0 Å². The highest BCUT2D eigenvalue weighted by Crippen LogP contribution is 2.40. The summed E-state index contributed by atoms with van der Waals surface area (Å²) < 4.78 is 20.4. The van der Waals surface area contributed by atoms with Crippen LogP contribution in [0.5, 0.6) is 0 Å². The molecule has 3 aromatic rings. The Morgan fingerprint density at radius 1 is 1.07 bits per heavy atom. The molecule has 0 atom stereocenters. The van der Waals surface area contributed by atoms with Gasteiger partial charge in [-0.2, -0.15) is 0 Å². The maximum absolute atomic E-state index is 14.9. The van der Waals surface area contributed by atoms with E-state index in [0.717, 1.165) is 67.7 Å². The smallest absolute Gasteiger partial charge is 0.131 e. The lowest BCUT2D eigenvalue weighted by atomic mass is 9.73. The Morgan fingerprint density at radius 3 is 2.68 bits per heavy atom. The van der Waals surface area contributed by atoms with Crippen LogP contribution in [0.3, 0.4) is 0 Å². The van der Waals surface area contributed by atoms with Gasteiger partial charge in [-0.3, -0.25) is 9.88 Å². The summed E-state index contributed by atoms with van der Waals surface area (Å²) in [6.45, 7) is 4.74. The highest BCUT2D eigenvalue weighted by Gasteiger charge is 2.43. The molecule has 0 saturated carbocycles. The van der Waals surface area contributed by atoms with Gasteiger partial charge in [-0.15, -0.1) is 0 Å². The van der Waals surface area contributed by atoms with E-state index < -0.39 is 0 Å². The highest BCUT2D eigenvalue weighted by atomic mass is 35.5. The number of halogens is 2. The van der Waals surface area contributed by atoms with E-state index in [1.54, 1.807) is 18.3 Å². The fourth-order valence-electron chi connectivity index (χ4n) is 4.56. The van der Waals surface area contributed by atoms with Gasteiger partial charge in [0.2, 0.25) is 0 Å². The molecule has 3 heterocycles. The summed E-state index contributed by atoms with van der Waals surface area (Å²) in [5, 5.41) is 1.47. The van der Waals surface area contributed by atoms with Crippen molar-refractivity contribution in [1.29, 1.82) is 0 Å². The maximum atomic E-state index is 14.9. The largest absolute Gasteiger partial charge is 0.381 e. The lowest BCUT2D eigenvalue weighted by Crippen LogP contribution is -2.57. The van der Waals surface area contributed by atoms with Gasteiger partial charge >= 0.3 is 0 Å². The predicted octanol–water partition coefficient (Wildman–Crippen LogP) is 5.31. The Bertz CT molecular complexity index is 1020. The lowest BCUT2D eigenvalue weighted by Gasteiger charge is -2.52. The molecule has 2 saturated heterocycles. The molecule has 3 nitrogen and oxygen atoms in total. The first kappa shape index (κ1) is 18.0. The van der Waals surface area contributed by atoms with Crippen LogP contribution < -0.4 is 0 Å². The maximum Gasteiger partial charge on any atom is 0.131 e. The van der Waals surface area contributed by atoms with Gasteiger partial charge in [0.1, 0.15) is 5.82 Å². The van der Waals surface area contributed by atoms with Crippen molar-refractivity contribution in [3.8, 4) is 11.1 Å². The highest BCUT2D eigenvalue weighted by molar-refractivity contribution is 6.35. The summed E-state index contributed by atoms with van der Waals surface area (Å²) in [4.78, 5) is 6.71. The van der Waals surface area contributed by atoms with Crippen molar-refractivity contribution in [2.24, 2.45) is 5.41 Å². The molecule has 2 aliphatic heterocycles. The van der Waals surface area contributed by atoms with E-state index >= 15 is 0 Å². The second-order valence-corrected chi connectivity index (χ2v) is 8.50. The van der Waals surface area contributed by atoms with E-state index in [1.165, 1.54) is 0 Å². The Hall–Kier alpha value is -2.01. The van der Waals surface area contributed by atoms with Crippen LogP contribution in [0.2, 0.25) is 5.02 Å². The number of benzene rings is 2. The second-order valence-electron chi connectivity index (χ2n) is 8.10. The van der Waals surface area contributed by atoms with E-state index in [2.05, 4.69) is 9.88 Å². The zero-order valence-electron chi connectivity index (χ0n) is 15.6. The molecule has 0 N–H and O–H groups in total. The van der Waals surface area contributed by atoms with Crippen molar-refractivity contribution in [2.75, 3.05) is 26.3 Å². The van der Waals surface area contributed by atoms with Gasteiger partial charge in [-0.25, -0.2) is 4.39 Å². The second kappa shape index (κ2) is 7.11. The molecule has 0 radical (unpaired) electrons. The van der Waals surface area contributed by atoms with E-state index in [0.29, 0.717) is 16.0 Å². The number of hydrogen-bond acceptors (Lipinski definition) is 3. The van der Waals surface area contributed by atoms with Crippen molar-refractivity contribution in [3.05, 3.63) is 65.1 Å². The third kappa shape index (κ3) is 3.30. The Balaban J connectivity index is 1.33. The summed E-state index contributed by atoms with van der Waals surface area (Å²) in [5.74, 6) is -0.196. The van der Waals surface area contributed by atoms with Crippen LogP contribution >= 0.6 is 11.6 Å². The standard InChI is InChI=1S/C23H22ClFN2O/c24-20-5-8-26-22-4-2-17(12-19(20)22)18-3-1-16(11-21(18)25)13-27-14-23(15-27)6-9-28-10-7-23/h1-5,8,11-12H,6-7,9-10,13-15H2. The molecule has 2 aliphatic rings. The average Bonchev–Trinajstić information content (AvgIpc) is 2.68. The van der Waals surface area contributed by atoms with E-state index in [9.17, 15) is 4.39 Å². The minimum Gasteiger partial charge on any atom is -0.381 e. The lowest BCUT2D eigenvalue weighted by molar-refractivity contribution is -0.0839. The average molecular weight is 397 g/mol. The molecule has 5 heteroatoms. The van der Waals surface area contributed by atoms with Crippen LogP contribution in [-0.4, -0.2) is 36.2 Å². The number of ether oxygens (including phenoxy) is 1. The topological polar surface area (TPSA) is 25.4 Å². The Labute approximate surface area is 169 Å². The van der Waals surface area contributed by atoms with E-state index in [4.69, 9.17) is 16.3 Å². The molecule has 0 bridgehead atoms. The molecule has 2 aromatic carbocycles. The zero-order chi connectivity index (χ0) is 19.1. The van der Waals surface area contributed by atoms with Crippen molar-refractivity contribution >= 4 is 22.5 Å². The van der Waals surface area contributed by atoms with Gasteiger partial charge in [0.15, 0.2) is 0 Å². The van der Waals surface area contributed by atoms with Crippen molar-refractivity contribution < 1.29 is 9.13 Å². The SMILES string of the molecule is Fc1cc(CN2CC3(CCOCC3)C2)ccc1-c1ccc2nccc(Cl)c2c1. The molecule has 2 fully saturated rings. The van der Waals surface area contributed by atoms with Crippen LogP contribution in [0.15, 0.2) is 48.7 Å². The van der Waals surface area contributed by atoms with Gasteiger partial charge < -0.3 is 4.74 Å². The summed E-state index contributed by atoms with van der Waals surface area (Å²) in [6, 6.07) is 13.0. The number of pyridine rings is 1. The molecular formula is C23H22ClFN2O. The first-order chi connectivity index (χ1) is 13.6. The van der Waals surface area contributed by atoms with Crippen molar-refractivity contribution in [2.45, 2.75) is 19.4 Å². The molecule has 1 aromatic heterocycles. The number of aromatic nitrogens is 1. The molecule has 144 valence electrons. The number of fused-ring (bicyclic) bond motifs is 1. The predicted molar refractivity (Wildman–Crippen MR) is 110 cm³/mol. The summed E-state index contributed by atoms with van der Waals surface area (Å²) in [6.07, 6.45) is 3.98. The number of rotatable bonds is 3. The Kier molecular flexibility index (Phi) is 4.58. The summed E-state index contributed by atoms with van der Waals surface area (Å²) >= 11 is 6.28. The number of nitrogens with zero attached hydrogens (tertiary/aromatic N) is 2. The number of likely N-dealkylation sites (tertiary alicyclic amines) is 1. The molecule has 1 spiro atoms. The van der Waals surface area contributed by atoms with Gasteiger partial charge in [-0.05, 0) is 48.2 Å². The minimum atomic E-state index is -0.196. The van der Waals surface area contributed by atoms with Crippen molar-refractivity contribution in [3.63, 3.8) is 0 Å². The van der Waals surface area contributed by atoms with E-state index in [1.807, 2.05) is 30.3 Å². The van der Waals surface area contributed by atoms with Crippen LogP contribution in [0, 0.1) is 11.2 Å². The molecular weight excluding hydrogens is 375 g/mol. The molecule has 0 amide bonds. The van der Waals surface area contributed by atoms with E-state index in [-0.39, 0.29) is 5.82 Å². The van der Waals surface area contributed by atoms with Gasteiger partial charge in [0, 0.05) is 55.4 Å². The van der Waals surface area contributed by atoms with Crippen LogP contribution in [0.25, 0.3) is 22.0 Å². The van der Waals surface area contributed by atoms with Crippen molar-refractivity contribution in [1.82, 2.24) is 9.88 Å². The first-order valence-electron chi connectivity index (χ1n) is 9.75. The van der Waals surface area contributed by atoms with Crippen LogP contribution in [0.1, 0.15) is 18.4 Å². The molecule has 0 aliphatic carbocycles. The van der Waals surface area contributed by atoms with Gasteiger partial charge in [-0.1, -0.05) is 29.8 Å². The molecule has 28 heavy (non-hydrogen) atoms. The van der Waals surface area contributed by atoms with Crippen LogP contribution in [-0.2, 0) is 11.3 Å². The fourth-order valence-corrected chi connectivity index (χ4v) is 4.77. The molecule has 5 rings (SSSR count). The van der Waals surface area contributed by atoms with Crippen LogP contribution in [0.4, 0.5) is 4.39 Å². The fraction of sp³-hybridized carbons (Fsp3) is 0.348.